The molecule has 0 fully saturated rings. The average molecular weight is 1350 g/mol. The van der Waals surface area contributed by atoms with Gasteiger partial charge in [-0.3, -0.25) is 4.98 Å². The molecule has 0 N–H and O–H groups in total. The van der Waals surface area contributed by atoms with Crippen LogP contribution in [0.5, 0.6) is 0 Å². The Kier molecular flexibility index (Phi) is 15.2. The number of nitrogens with zero attached hydrogens (tertiary/aromatic N) is 4. The van der Waals surface area contributed by atoms with E-state index in [1.807, 2.05) is 12.3 Å². The van der Waals surface area contributed by atoms with Gasteiger partial charge in [-0.15, -0.1) is 0 Å². The molecule has 0 unspecified atom stereocenters. The second-order valence-corrected chi connectivity index (χ2v) is 27.5. The minimum absolute atomic E-state index is 0.953. The molecule has 4 heterocycles. The lowest BCUT2D eigenvalue weighted by molar-refractivity contribution is 1.39. The van der Waals surface area contributed by atoms with Crippen LogP contribution in [0.2, 0.25) is 0 Å². The fourth-order valence-electron chi connectivity index (χ4n) is 16.2. The second kappa shape index (κ2) is 26.1. The minimum Gasteiger partial charge on any atom is -0.256 e. The molecule has 0 amide bonds. The number of pyridine rings is 4. The normalized spacial score (nSPS) is 11.6. The maximum Gasteiger partial charge on any atom is 0.0794 e. The maximum absolute atomic E-state index is 5.53. The summed E-state index contributed by atoms with van der Waals surface area (Å²) in [6, 6.07) is 137. The van der Waals surface area contributed by atoms with Gasteiger partial charge in [0.1, 0.15) is 0 Å². The zero-order chi connectivity index (χ0) is 70.0. The van der Waals surface area contributed by atoms with Gasteiger partial charge in [0.05, 0.1) is 39.1 Å². The van der Waals surface area contributed by atoms with E-state index >= 15 is 0 Å². The third kappa shape index (κ3) is 10.9. The minimum atomic E-state index is 0.953. The van der Waals surface area contributed by atoms with Crippen molar-refractivity contribution in [3.63, 3.8) is 0 Å². The molecule has 492 valence electrons. The molecule has 4 nitrogen and oxygen atoms in total. The van der Waals surface area contributed by atoms with Crippen LogP contribution in [0.1, 0.15) is 0 Å². The summed E-state index contributed by atoms with van der Waals surface area (Å²) in [5, 5.41) is 19.0. The Labute approximate surface area is 613 Å². The zero-order valence-electron chi connectivity index (χ0n) is 57.7. The smallest absolute Gasteiger partial charge is 0.0794 e. The molecule has 17 aromatic carbocycles. The van der Waals surface area contributed by atoms with E-state index in [9.17, 15) is 0 Å². The van der Waals surface area contributed by atoms with E-state index in [1.165, 1.54) is 87.2 Å². The predicted octanol–water partition coefficient (Wildman–Crippen LogP) is 27.5. The number of para-hydroxylation sites is 2. The van der Waals surface area contributed by atoms with Gasteiger partial charge in [0, 0.05) is 60.8 Å². The van der Waals surface area contributed by atoms with Crippen molar-refractivity contribution >= 4 is 108 Å². The van der Waals surface area contributed by atoms with Crippen LogP contribution in [0.25, 0.3) is 209 Å². The number of fused-ring (bicyclic) bond motifs is 12. The first-order valence-corrected chi connectivity index (χ1v) is 36.2. The van der Waals surface area contributed by atoms with E-state index in [-0.39, 0.29) is 0 Å². The predicted molar refractivity (Wildman–Crippen MR) is 448 cm³/mol. The van der Waals surface area contributed by atoms with E-state index in [2.05, 4.69) is 376 Å². The van der Waals surface area contributed by atoms with Gasteiger partial charge in [-0.2, -0.15) is 0 Å². The highest BCUT2D eigenvalue weighted by Crippen LogP contribution is 2.46. The van der Waals surface area contributed by atoms with Gasteiger partial charge in [-0.05, 0) is 164 Å². The molecule has 0 radical (unpaired) electrons. The molecular weight excluding hydrogens is 1280 g/mol. The van der Waals surface area contributed by atoms with Crippen LogP contribution in [-0.4, -0.2) is 19.9 Å². The molecule has 0 atom stereocenters. The number of hydrogen-bond acceptors (Lipinski definition) is 4. The summed E-state index contributed by atoms with van der Waals surface area (Å²) in [7, 11) is 0. The van der Waals surface area contributed by atoms with E-state index in [1.54, 1.807) is 0 Å². The lowest BCUT2D eigenvalue weighted by Crippen LogP contribution is -1.94. The van der Waals surface area contributed by atoms with Crippen LogP contribution in [0.15, 0.2) is 388 Å². The van der Waals surface area contributed by atoms with E-state index < -0.39 is 0 Å². The van der Waals surface area contributed by atoms with Crippen LogP contribution < -0.4 is 0 Å². The molecular formula is C102H64N4. The van der Waals surface area contributed by atoms with Crippen molar-refractivity contribution in [3.8, 4) is 101 Å². The molecule has 21 rings (SSSR count). The summed E-state index contributed by atoms with van der Waals surface area (Å²) in [5.41, 5.74) is 24.3. The summed E-state index contributed by atoms with van der Waals surface area (Å²) >= 11 is 0. The Morgan fingerprint density at radius 3 is 0.981 bits per heavy atom. The first kappa shape index (κ1) is 61.8. The lowest BCUT2D eigenvalue weighted by atomic mass is 9.89. The molecule has 0 aliphatic rings. The standard InChI is InChI=1S/C54H34N2.C48H30N2/c1-2-14-37(15-3-1)47-33-52(55-51-27-11-10-23-45(47)51)39-30-28-38(29-31-39)48-34-53(44-26-13-19-36-17-5-7-21-41(36)44)56-54-46-24-9-8-22-43(46)49(32-50(48)54)42-25-12-18-35-16-4-6-20-40(35)42;1-4-16-37-32(11-1)14-9-20-39(37)44-28-45-43(34-25-23-31(24-26-34)36-27-35-13-3-8-22-46(35)49-30-36)29-47(50-48(45)42-19-7-6-18-40(42)44)41-21-10-15-33-12-2-5-17-38(33)41/h1-34H;1-30H. The largest absolute Gasteiger partial charge is 0.256 e. The number of hydrogen-bond donors (Lipinski definition) is 0. The summed E-state index contributed by atoms with van der Waals surface area (Å²) in [4.78, 5) is 20.9. The van der Waals surface area contributed by atoms with Crippen molar-refractivity contribution in [2.45, 2.75) is 0 Å². The van der Waals surface area contributed by atoms with Gasteiger partial charge in [-0.25, -0.2) is 15.0 Å². The monoisotopic (exact) mass is 1340 g/mol. The van der Waals surface area contributed by atoms with Crippen LogP contribution in [0.3, 0.4) is 0 Å². The van der Waals surface area contributed by atoms with Crippen LogP contribution in [0, 0.1) is 0 Å². The summed E-state index contributed by atoms with van der Waals surface area (Å²) < 4.78 is 0. The Bertz CT molecular complexity index is 7040. The average Bonchev–Trinajstić information content (AvgIpc) is 0.736. The summed E-state index contributed by atoms with van der Waals surface area (Å²) in [6.07, 6.45) is 1.97. The number of aromatic nitrogens is 4. The third-order valence-electron chi connectivity index (χ3n) is 21.3. The Hall–Kier alpha value is -14.1. The quantitative estimate of drug-likeness (QED) is 0.135. The highest BCUT2D eigenvalue weighted by molar-refractivity contribution is 6.21. The molecule has 0 aliphatic heterocycles. The van der Waals surface area contributed by atoms with Crippen molar-refractivity contribution in [2.24, 2.45) is 0 Å². The molecule has 106 heavy (non-hydrogen) atoms. The molecule has 0 spiro atoms. The zero-order valence-corrected chi connectivity index (χ0v) is 57.7. The molecule has 4 heteroatoms. The highest BCUT2D eigenvalue weighted by Gasteiger charge is 2.22. The van der Waals surface area contributed by atoms with Gasteiger partial charge in [0.15, 0.2) is 0 Å². The van der Waals surface area contributed by atoms with E-state index in [4.69, 9.17) is 19.9 Å². The summed E-state index contributed by atoms with van der Waals surface area (Å²) in [6.45, 7) is 0. The molecule has 0 bridgehead atoms. The van der Waals surface area contributed by atoms with Gasteiger partial charge < -0.3 is 0 Å². The first-order valence-electron chi connectivity index (χ1n) is 36.2. The molecule has 0 aliphatic carbocycles. The van der Waals surface area contributed by atoms with Crippen molar-refractivity contribution in [2.75, 3.05) is 0 Å². The van der Waals surface area contributed by atoms with Crippen LogP contribution >= 0.6 is 0 Å². The van der Waals surface area contributed by atoms with Gasteiger partial charge >= 0.3 is 0 Å². The fraction of sp³-hybridized carbons (Fsp3) is 0. The van der Waals surface area contributed by atoms with E-state index in [0.717, 1.165) is 122 Å². The molecule has 0 saturated carbocycles. The van der Waals surface area contributed by atoms with Crippen LogP contribution in [0.4, 0.5) is 0 Å². The molecule has 4 aromatic heterocycles. The second-order valence-electron chi connectivity index (χ2n) is 27.5. The Morgan fingerprint density at radius 1 is 0.151 bits per heavy atom. The van der Waals surface area contributed by atoms with Gasteiger partial charge in [0.25, 0.3) is 0 Å². The lowest BCUT2D eigenvalue weighted by Gasteiger charge is -2.17. The SMILES string of the molecule is c1ccc(-c2cc(-c3ccc(-c4cc(-c5cccc6ccccc56)nc5c4cc(-c4cccc6ccccc46)c4ccccc45)cc3)nc3ccccc23)cc1.c1ccc2ncc(-c3ccc(-c4cc(-c5cccc6ccccc56)nc5c4cc(-c4cccc6ccccc46)c4ccccc45)cc3)cc2c1. The first-order chi connectivity index (χ1) is 52.5. The third-order valence-corrected chi connectivity index (χ3v) is 21.3. The Balaban J connectivity index is 0.000000141. The highest BCUT2D eigenvalue weighted by atomic mass is 14.7. The topological polar surface area (TPSA) is 51.6 Å². The van der Waals surface area contributed by atoms with Crippen molar-refractivity contribution in [1.29, 1.82) is 0 Å². The summed E-state index contributed by atoms with van der Waals surface area (Å²) in [5.74, 6) is 0. The fourth-order valence-corrected chi connectivity index (χ4v) is 16.2. The van der Waals surface area contributed by atoms with Crippen LogP contribution in [-0.2, 0) is 0 Å². The van der Waals surface area contributed by atoms with Crippen molar-refractivity contribution in [3.05, 3.63) is 388 Å². The maximum atomic E-state index is 5.53. The number of rotatable bonds is 9. The number of benzene rings is 17. The van der Waals surface area contributed by atoms with E-state index in [0.29, 0.717) is 0 Å². The van der Waals surface area contributed by atoms with Gasteiger partial charge in [-0.1, -0.05) is 334 Å². The van der Waals surface area contributed by atoms with Crippen molar-refractivity contribution < 1.29 is 0 Å². The van der Waals surface area contributed by atoms with Crippen molar-refractivity contribution in [1.82, 2.24) is 19.9 Å². The Morgan fingerprint density at radius 2 is 0.491 bits per heavy atom. The van der Waals surface area contributed by atoms with Gasteiger partial charge in [0.2, 0.25) is 0 Å². The molecule has 0 saturated heterocycles. The molecule has 21 aromatic rings.